The van der Waals surface area contributed by atoms with Gasteiger partial charge in [0, 0.05) is 28.3 Å². The Kier molecular flexibility index (Phi) is 5.42. The number of hydrogen-bond acceptors (Lipinski definition) is 6. The van der Waals surface area contributed by atoms with Crippen LogP contribution in [0.3, 0.4) is 0 Å². The molecule has 1 saturated heterocycles. The van der Waals surface area contributed by atoms with Gasteiger partial charge < -0.3 is 9.64 Å². The Bertz CT molecular complexity index is 1640. The van der Waals surface area contributed by atoms with Crippen molar-refractivity contribution in [1.29, 1.82) is 0 Å². The number of rotatable bonds is 5. The molecule has 0 saturated carbocycles. The lowest BCUT2D eigenvalue weighted by molar-refractivity contribution is 0.0664. The Labute approximate surface area is 230 Å². The second kappa shape index (κ2) is 8.89. The number of carbonyl (C=O) groups is 3. The highest BCUT2D eigenvalue weighted by Crippen LogP contribution is 2.62. The fourth-order valence-electron chi connectivity index (χ4n) is 6.85. The molecular weight excluding hydrogens is 506 g/mol. The SMILES string of the molecule is CCOc1ccccc1[C@H]1[C@H](C(=O)c2cccs2)N2c3ccccc3C=C[C@H]2C12C(=O)c1ccccc1C2=O. The van der Waals surface area contributed by atoms with E-state index in [9.17, 15) is 14.4 Å². The van der Waals surface area contributed by atoms with E-state index in [1.165, 1.54) is 11.3 Å². The lowest BCUT2D eigenvalue weighted by atomic mass is 9.64. The molecular formula is C33H25NO4S. The minimum atomic E-state index is -1.53. The quantitative estimate of drug-likeness (QED) is 0.218. The van der Waals surface area contributed by atoms with Gasteiger partial charge >= 0.3 is 0 Å². The molecule has 2 aliphatic heterocycles. The van der Waals surface area contributed by atoms with Crippen LogP contribution in [0.4, 0.5) is 5.69 Å². The lowest BCUT2D eigenvalue weighted by Gasteiger charge is -2.37. The third-order valence-electron chi connectivity index (χ3n) is 8.30. The lowest BCUT2D eigenvalue weighted by Crippen LogP contribution is -2.48. The summed E-state index contributed by atoms with van der Waals surface area (Å²) < 4.78 is 6.07. The molecule has 6 heteroatoms. The van der Waals surface area contributed by atoms with E-state index < -0.39 is 23.4 Å². The first-order valence-electron chi connectivity index (χ1n) is 13.1. The molecule has 1 fully saturated rings. The van der Waals surface area contributed by atoms with E-state index in [0.29, 0.717) is 33.9 Å². The molecule has 3 heterocycles. The predicted octanol–water partition coefficient (Wildman–Crippen LogP) is 6.46. The summed E-state index contributed by atoms with van der Waals surface area (Å²) in [6, 6.07) is 24.7. The van der Waals surface area contributed by atoms with Crippen molar-refractivity contribution in [2.45, 2.75) is 24.9 Å². The second-order valence-electron chi connectivity index (χ2n) is 10.1. The summed E-state index contributed by atoms with van der Waals surface area (Å²) in [6.07, 6.45) is 3.92. The standard InChI is InChI=1S/C33H25NO4S/c1-2-38-25-15-8-6-13-23(25)28-29(30(35)26-16-9-19-39-26)34-24-14-7-3-10-20(24)17-18-27(34)33(28)31(36)21-11-4-5-12-22(21)32(33)37/h3-19,27-29H,2H2,1H3/t27-,28-,29+/m0/s1. The number of ether oxygens (including phenoxy) is 1. The van der Waals surface area contributed by atoms with Crippen molar-refractivity contribution in [3.8, 4) is 5.75 Å². The number of nitrogens with zero attached hydrogens (tertiary/aromatic N) is 1. The molecule has 3 aliphatic rings. The van der Waals surface area contributed by atoms with Gasteiger partial charge in [-0.05, 0) is 36.1 Å². The van der Waals surface area contributed by atoms with Crippen LogP contribution in [0.25, 0.3) is 6.08 Å². The number of thiophene rings is 1. The summed E-state index contributed by atoms with van der Waals surface area (Å²) in [6.45, 7) is 2.32. The third kappa shape index (κ3) is 3.15. The maximum atomic E-state index is 14.7. The first-order chi connectivity index (χ1) is 19.1. The Morgan fingerprint density at radius 1 is 0.897 bits per heavy atom. The van der Waals surface area contributed by atoms with E-state index in [1.54, 1.807) is 24.3 Å². The van der Waals surface area contributed by atoms with Gasteiger partial charge in [-0.1, -0.05) is 78.9 Å². The molecule has 5 nitrogen and oxygen atoms in total. The minimum absolute atomic E-state index is 0.107. The average Bonchev–Trinajstić information content (AvgIpc) is 3.67. The zero-order valence-electron chi connectivity index (χ0n) is 21.2. The summed E-state index contributed by atoms with van der Waals surface area (Å²) in [5, 5.41) is 1.88. The number of benzene rings is 3. The summed E-state index contributed by atoms with van der Waals surface area (Å²) in [4.78, 5) is 46.5. The summed E-state index contributed by atoms with van der Waals surface area (Å²) in [7, 11) is 0. The smallest absolute Gasteiger partial charge is 0.195 e. The van der Waals surface area contributed by atoms with E-state index in [4.69, 9.17) is 4.74 Å². The molecule has 1 aliphatic carbocycles. The normalized spacial score (nSPS) is 22.1. The zero-order valence-corrected chi connectivity index (χ0v) is 22.1. The monoisotopic (exact) mass is 531 g/mol. The van der Waals surface area contributed by atoms with Crippen LogP contribution in [0.15, 0.2) is 96.4 Å². The van der Waals surface area contributed by atoms with Gasteiger partial charge in [0.1, 0.15) is 17.2 Å². The topological polar surface area (TPSA) is 63.7 Å². The van der Waals surface area contributed by atoms with Crippen LogP contribution in [-0.2, 0) is 0 Å². The summed E-state index contributed by atoms with van der Waals surface area (Å²) >= 11 is 1.37. The highest BCUT2D eigenvalue weighted by Gasteiger charge is 2.72. The van der Waals surface area contributed by atoms with E-state index in [0.717, 1.165) is 11.3 Å². The molecule has 0 bridgehead atoms. The summed E-state index contributed by atoms with van der Waals surface area (Å²) in [5.74, 6) is -0.769. The Hall–Kier alpha value is -4.29. The van der Waals surface area contributed by atoms with E-state index in [-0.39, 0.29) is 17.3 Å². The predicted molar refractivity (Wildman–Crippen MR) is 152 cm³/mol. The molecule has 0 amide bonds. The Morgan fingerprint density at radius 3 is 2.31 bits per heavy atom. The molecule has 4 aromatic rings. The fraction of sp³-hybridized carbons (Fsp3) is 0.182. The molecule has 39 heavy (non-hydrogen) atoms. The van der Waals surface area contributed by atoms with E-state index in [2.05, 4.69) is 0 Å². The van der Waals surface area contributed by atoms with Crippen molar-refractivity contribution in [1.82, 2.24) is 0 Å². The molecule has 3 atom stereocenters. The first-order valence-corrected chi connectivity index (χ1v) is 14.0. The Balaban J connectivity index is 1.57. The fourth-order valence-corrected chi connectivity index (χ4v) is 7.55. The average molecular weight is 532 g/mol. The van der Waals surface area contributed by atoms with Gasteiger partial charge in [-0.3, -0.25) is 14.4 Å². The van der Waals surface area contributed by atoms with Crippen LogP contribution in [0.5, 0.6) is 5.75 Å². The van der Waals surface area contributed by atoms with E-state index in [1.807, 2.05) is 90.0 Å². The van der Waals surface area contributed by atoms with Crippen molar-refractivity contribution >= 4 is 40.4 Å². The van der Waals surface area contributed by atoms with Crippen molar-refractivity contribution in [2.75, 3.05) is 11.5 Å². The molecule has 192 valence electrons. The molecule has 1 spiro atoms. The largest absolute Gasteiger partial charge is 0.494 e. The molecule has 0 unspecified atom stereocenters. The van der Waals surface area contributed by atoms with Gasteiger partial charge in [0.2, 0.25) is 0 Å². The van der Waals surface area contributed by atoms with Crippen molar-refractivity contribution in [3.63, 3.8) is 0 Å². The van der Waals surface area contributed by atoms with Crippen LogP contribution in [0.1, 0.15) is 54.4 Å². The van der Waals surface area contributed by atoms with Crippen molar-refractivity contribution in [2.24, 2.45) is 5.41 Å². The highest BCUT2D eigenvalue weighted by molar-refractivity contribution is 7.12. The van der Waals surface area contributed by atoms with Crippen LogP contribution >= 0.6 is 11.3 Å². The maximum absolute atomic E-state index is 14.7. The second-order valence-corrected chi connectivity index (χ2v) is 11.0. The van der Waals surface area contributed by atoms with Crippen LogP contribution in [0.2, 0.25) is 0 Å². The Morgan fingerprint density at radius 2 is 1.59 bits per heavy atom. The van der Waals surface area contributed by atoms with Gasteiger partial charge in [0.05, 0.1) is 17.5 Å². The number of anilines is 1. The number of ketones is 3. The van der Waals surface area contributed by atoms with Crippen LogP contribution in [-0.4, -0.2) is 36.0 Å². The van der Waals surface area contributed by atoms with Gasteiger partial charge in [-0.15, -0.1) is 11.3 Å². The van der Waals surface area contributed by atoms with Crippen LogP contribution < -0.4 is 9.64 Å². The number of hydrogen-bond donors (Lipinski definition) is 0. The van der Waals surface area contributed by atoms with Gasteiger partial charge in [-0.25, -0.2) is 0 Å². The number of carbonyl (C=O) groups excluding carboxylic acids is 3. The van der Waals surface area contributed by atoms with Gasteiger partial charge in [0.15, 0.2) is 17.3 Å². The molecule has 7 rings (SSSR count). The molecule has 3 aromatic carbocycles. The van der Waals surface area contributed by atoms with Gasteiger partial charge in [0.25, 0.3) is 0 Å². The first kappa shape index (κ1) is 23.8. The third-order valence-corrected chi connectivity index (χ3v) is 9.18. The number of fused-ring (bicyclic) bond motifs is 5. The number of Topliss-reactive ketones (excluding diaryl/α,β-unsaturated/α-hetero) is 3. The van der Waals surface area contributed by atoms with E-state index >= 15 is 0 Å². The van der Waals surface area contributed by atoms with Gasteiger partial charge in [-0.2, -0.15) is 0 Å². The maximum Gasteiger partial charge on any atom is 0.195 e. The summed E-state index contributed by atoms with van der Waals surface area (Å²) in [5.41, 5.74) is 1.78. The van der Waals surface area contributed by atoms with Crippen LogP contribution in [0, 0.1) is 5.41 Å². The molecule has 0 N–H and O–H groups in total. The minimum Gasteiger partial charge on any atom is -0.494 e. The highest BCUT2D eigenvalue weighted by atomic mass is 32.1. The van der Waals surface area contributed by atoms with Crippen molar-refractivity contribution < 1.29 is 19.1 Å². The molecule has 1 aromatic heterocycles. The number of para-hydroxylation sites is 2. The molecule has 0 radical (unpaired) electrons. The van der Waals surface area contributed by atoms with Crippen molar-refractivity contribution in [3.05, 3.63) is 124 Å². The zero-order chi connectivity index (χ0) is 26.7.